The van der Waals surface area contributed by atoms with E-state index in [1.165, 1.54) is 10.9 Å². The maximum atomic E-state index is 11.9. The number of rotatable bonds is 7. The first-order valence-electron chi connectivity index (χ1n) is 5.62. The first-order chi connectivity index (χ1) is 8.34. The topological polar surface area (TPSA) is 73.2 Å². The standard InChI is InChI=1S/C10H18ClN3O3S/c1-8(2)17-6-4-5-13-18(15,16)10-9(11)14(3)7-12-10/h7-8,13H,4-6H2,1-3H3. The van der Waals surface area contributed by atoms with Gasteiger partial charge in [0.2, 0.25) is 5.03 Å². The van der Waals surface area contributed by atoms with Crippen LogP contribution in [0, 0.1) is 0 Å². The average molecular weight is 296 g/mol. The second kappa shape index (κ2) is 6.51. The minimum atomic E-state index is -3.64. The van der Waals surface area contributed by atoms with E-state index in [9.17, 15) is 8.42 Å². The Hall–Kier alpha value is -0.630. The molecule has 1 aromatic rings. The van der Waals surface area contributed by atoms with Crippen LogP contribution in [0.1, 0.15) is 20.3 Å². The number of imidazole rings is 1. The molecular weight excluding hydrogens is 278 g/mol. The molecule has 1 N–H and O–H groups in total. The normalized spacial score (nSPS) is 12.3. The third-order valence-corrected chi connectivity index (χ3v) is 4.10. The SMILES string of the molecule is CC(C)OCCCNS(=O)(=O)c1ncn(C)c1Cl. The largest absolute Gasteiger partial charge is 0.379 e. The molecule has 0 aliphatic carbocycles. The van der Waals surface area contributed by atoms with Gasteiger partial charge in [-0.2, -0.15) is 0 Å². The lowest BCUT2D eigenvalue weighted by Crippen LogP contribution is -2.26. The molecule has 18 heavy (non-hydrogen) atoms. The van der Waals surface area contributed by atoms with E-state index in [4.69, 9.17) is 16.3 Å². The summed E-state index contributed by atoms with van der Waals surface area (Å²) in [5, 5.41) is -0.0441. The summed E-state index contributed by atoms with van der Waals surface area (Å²) in [5.74, 6) is 0. The average Bonchev–Trinajstić information content (AvgIpc) is 2.59. The summed E-state index contributed by atoms with van der Waals surface area (Å²) in [6.45, 7) is 4.66. The molecule has 0 bridgehead atoms. The highest BCUT2D eigenvalue weighted by atomic mass is 35.5. The van der Waals surface area contributed by atoms with Gasteiger partial charge in [0.1, 0.15) is 5.15 Å². The van der Waals surface area contributed by atoms with Crippen molar-refractivity contribution in [2.75, 3.05) is 13.2 Å². The number of aromatic nitrogens is 2. The highest BCUT2D eigenvalue weighted by Crippen LogP contribution is 2.17. The summed E-state index contributed by atoms with van der Waals surface area (Å²) in [5.41, 5.74) is 0. The summed E-state index contributed by atoms with van der Waals surface area (Å²) >= 11 is 5.83. The van der Waals surface area contributed by atoms with Crippen molar-refractivity contribution in [3.63, 3.8) is 0 Å². The molecule has 8 heteroatoms. The number of ether oxygens (including phenoxy) is 1. The predicted molar refractivity (Wildman–Crippen MR) is 69.1 cm³/mol. The molecule has 0 atom stereocenters. The Morgan fingerprint density at radius 1 is 1.56 bits per heavy atom. The van der Waals surface area contributed by atoms with Crippen LogP contribution < -0.4 is 4.72 Å². The van der Waals surface area contributed by atoms with Gasteiger partial charge in [-0.25, -0.2) is 18.1 Å². The van der Waals surface area contributed by atoms with Gasteiger partial charge < -0.3 is 9.30 Å². The maximum Gasteiger partial charge on any atom is 0.261 e. The number of hydrogen-bond donors (Lipinski definition) is 1. The van der Waals surface area contributed by atoms with Crippen molar-refractivity contribution in [2.45, 2.75) is 31.4 Å². The molecule has 0 aliphatic rings. The van der Waals surface area contributed by atoms with Crippen molar-refractivity contribution in [1.29, 1.82) is 0 Å². The quantitative estimate of drug-likeness (QED) is 0.766. The Morgan fingerprint density at radius 2 is 2.22 bits per heavy atom. The second-order valence-electron chi connectivity index (χ2n) is 4.12. The molecule has 0 saturated carbocycles. The summed E-state index contributed by atoms with van der Waals surface area (Å²) < 4.78 is 32.9. The lowest BCUT2D eigenvalue weighted by Gasteiger charge is -2.08. The van der Waals surface area contributed by atoms with E-state index >= 15 is 0 Å². The lowest BCUT2D eigenvalue weighted by molar-refractivity contribution is 0.0778. The molecule has 1 rings (SSSR count). The number of nitrogens with one attached hydrogen (secondary N) is 1. The molecule has 0 spiro atoms. The van der Waals surface area contributed by atoms with Crippen molar-refractivity contribution < 1.29 is 13.2 Å². The zero-order valence-corrected chi connectivity index (χ0v) is 12.3. The molecule has 104 valence electrons. The van der Waals surface area contributed by atoms with E-state index in [0.717, 1.165) is 0 Å². The van der Waals surface area contributed by atoms with Crippen LogP contribution in [0.4, 0.5) is 0 Å². The van der Waals surface area contributed by atoms with Gasteiger partial charge in [-0.3, -0.25) is 0 Å². The summed E-state index contributed by atoms with van der Waals surface area (Å²) in [7, 11) is -2.01. The molecule has 0 saturated heterocycles. The fourth-order valence-electron chi connectivity index (χ4n) is 1.24. The van der Waals surface area contributed by atoms with Gasteiger partial charge >= 0.3 is 0 Å². The van der Waals surface area contributed by atoms with E-state index < -0.39 is 10.0 Å². The van der Waals surface area contributed by atoms with E-state index in [1.807, 2.05) is 13.8 Å². The first kappa shape index (κ1) is 15.4. The van der Waals surface area contributed by atoms with E-state index in [1.54, 1.807) is 7.05 Å². The van der Waals surface area contributed by atoms with Gasteiger partial charge in [0.25, 0.3) is 10.0 Å². The number of nitrogens with zero attached hydrogens (tertiary/aromatic N) is 2. The lowest BCUT2D eigenvalue weighted by atomic mass is 10.4. The monoisotopic (exact) mass is 295 g/mol. The second-order valence-corrected chi connectivity index (χ2v) is 6.16. The van der Waals surface area contributed by atoms with Crippen molar-refractivity contribution in [3.05, 3.63) is 11.5 Å². The molecule has 0 fully saturated rings. The van der Waals surface area contributed by atoms with Gasteiger partial charge in [0, 0.05) is 20.2 Å². The molecule has 0 unspecified atom stereocenters. The van der Waals surface area contributed by atoms with Gasteiger partial charge in [-0.15, -0.1) is 0 Å². The van der Waals surface area contributed by atoms with Crippen molar-refractivity contribution in [2.24, 2.45) is 7.05 Å². The highest BCUT2D eigenvalue weighted by Gasteiger charge is 2.21. The van der Waals surface area contributed by atoms with Crippen molar-refractivity contribution >= 4 is 21.6 Å². The third kappa shape index (κ3) is 4.24. The van der Waals surface area contributed by atoms with Crippen LogP contribution in [0.15, 0.2) is 11.4 Å². The minimum absolute atomic E-state index is 0.0981. The Bertz CT molecular complexity index is 485. The first-order valence-corrected chi connectivity index (χ1v) is 7.49. The number of sulfonamides is 1. The van der Waals surface area contributed by atoms with Crippen LogP contribution in [0.2, 0.25) is 5.15 Å². The zero-order chi connectivity index (χ0) is 13.8. The highest BCUT2D eigenvalue weighted by molar-refractivity contribution is 7.89. The van der Waals surface area contributed by atoms with Crippen LogP contribution in [0.3, 0.4) is 0 Å². The van der Waals surface area contributed by atoms with Gasteiger partial charge in [0.05, 0.1) is 12.4 Å². The van der Waals surface area contributed by atoms with Gasteiger partial charge in [0.15, 0.2) is 0 Å². The molecule has 1 heterocycles. The van der Waals surface area contributed by atoms with E-state index in [2.05, 4.69) is 9.71 Å². The maximum absolute atomic E-state index is 11.9. The molecule has 6 nitrogen and oxygen atoms in total. The van der Waals surface area contributed by atoms with E-state index in [0.29, 0.717) is 19.6 Å². The molecule has 0 aromatic carbocycles. The fourth-order valence-corrected chi connectivity index (χ4v) is 2.74. The molecular formula is C10H18ClN3O3S. The smallest absolute Gasteiger partial charge is 0.261 e. The van der Waals surface area contributed by atoms with Gasteiger partial charge in [-0.05, 0) is 20.3 Å². The van der Waals surface area contributed by atoms with Crippen LogP contribution in [-0.4, -0.2) is 37.2 Å². The Balaban J connectivity index is 2.48. The number of hydrogen-bond acceptors (Lipinski definition) is 4. The number of aryl methyl sites for hydroxylation is 1. The summed E-state index contributed by atoms with van der Waals surface area (Å²) in [4.78, 5) is 3.76. The summed E-state index contributed by atoms with van der Waals surface area (Å²) in [6, 6.07) is 0. The third-order valence-electron chi connectivity index (χ3n) is 2.15. The summed E-state index contributed by atoms with van der Waals surface area (Å²) in [6.07, 6.45) is 2.10. The van der Waals surface area contributed by atoms with Gasteiger partial charge in [-0.1, -0.05) is 11.6 Å². The Kier molecular flexibility index (Phi) is 5.58. The van der Waals surface area contributed by atoms with Crippen molar-refractivity contribution in [3.8, 4) is 0 Å². The Labute approximate surface area is 112 Å². The fraction of sp³-hybridized carbons (Fsp3) is 0.700. The molecule has 0 radical (unpaired) electrons. The van der Waals surface area contributed by atoms with Crippen molar-refractivity contribution in [1.82, 2.24) is 14.3 Å². The number of halogens is 1. The van der Waals surface area contributed by atoms with Crippen LogP contribution in [0.5, 0.6) is 0 Å². The molecule has 0 amide bonds. The molecule has 0 aliphatic heterocycles. The molecule has 1 aromatic heterocycles. The zero-order valence-electron chi connectivity index (χ0n) is 10.7. The van der Waals surface area contributed by atoms with Crippen LogP contribution in [0.25, 0.3) is 0 Å². The van der Waals surface area contributed by atoms with Crippen LogP contribution in [-0.2, 0) is 21.8 Å². The predicted octanol–water partition coefficient (Wildman–Crippen LogP) is 1.17. The van der Waals surface area contributed by atoms with Crippen LogP contribution >= 0.6 is 11.6 Å². The Morgan fingerprint density at radius 3 is 2.72 bits per heavy atom. The van der Waals surface area contributed by atoms with E-state index in [-0.39, 0.29) is 16.3 Å². The minimum Gasteiger partial charge on any atom is -0.379 e.